The fourth-order valence-electron chi connectivity index (χ4n) is 4.97. The summed E-state index contributed by atoms with van der Waals surface area (Å²) in [6, 6.07) is 6.03. The molecule has 2 heterocycles. The molecule has 2 aliphatic rings. The van der Waals surface area contributed by atoms with Crippen LogP contribution in [0.5, 0.6) is 5.75 Å². The third-order valence-electron chi connectivity index (χ3n) is 7.16. The molecule has 1 saturated heterocycles. The number of carbonyl (C=O) groups excluding carboxylic acids is 6. The molecule has 0 bridgehead atoms. The number of hydrogen-bond acceptors (Lipinski definition) is 8. The largest absolute Gasteiger partial charge is 0.497 e. The predicted molar refractivity (Wildman–Crippen MR) is 149 cm³/mol. The highest BCUT2D eigenvalue weighted by Gasteiger charge is 2.45. The smallest absolute Gasteiger partial charge is 0.264 e. The van der Waals surface area contributed by atoms with Crippen LogP contribution in [0.2, 0.25) is 0 Å². The number of methoxy groups -OCH3 is 1. The highest BCUT2D eigenvalue weighted by Crippen LogP contribution is 2.32. The van der Waals surface area contributed by atoms with Crippen LogP contribution in [-0.2, 0) is 14.4 Å². The lowest BCUT2D eigenvalue weighted by atomic mass is 10.0. The van der Waals surface area contributed by atoms with E-state index in [2.05, 4.69) is 16.0 Å². The Morgan fingerprint density at radius 3 is 2.55 bits per heavy atom. The monoisotopic (exact) mass is 581 g/mol. The number of fused-ring (bicyclic) bond motifs is 1. The topological polar surface area (TPSA) is 177 Å². The van der Waals surface area contributed by atoms with Crippen LogP contribution in [0.1, 0.15) is 82.4 Å². The molecule has 0 saturated carbocycles. The van der Waals surface area contributed by atoms with Gasteiger partial charge in [0.25, 0.3) is 17.7 Å². The second-order valence-corrected chi connectivity index (χ2v) is 10.1. The second kappa shape index (κ2) is 13.2. The van der Waals surface area contributed by atoms with E-state index in [0.29, 0.717) is 19.4 Å². The van der Waals surface area contributed by atoms with Crippen LogP contribution < -0.4 is 26.4 Å². The highest BCUT2D eigenvalue weighted by atomic mass is 19.1. The van der Waals surface area contributed by atoms with Gasteiger partial charge in [-0.1, -0.05) is 25.3 Å². The minimum Gasteiger partial charge on any atom is -0.497 e. The van der Waals surface area contributed by atoms with Crippen LogP contribution >= 0.6 is 0 Å². The van der Waals surface area contributed by atoms with Crippen molar-refractivity contribution in [2.24, 2.45) is 0 Å². The Morgan fingerprint density at radius 2 is 1.81 bits per heavy atom. The van der Waals surface area contributed by atoms with E-state index in [1.54, 1.807) is 6.07 Å². The fourth-order valence-corrected chi connectivity index (χ4v) is 4.97. The maximum absolute atomic E-state index is 14.2. The summed E-state index contributed by atoms with van der Waals surface area (Å²) >= 11 is 0. The van der Waals surface area contributed by atoms with Crippen molar-refractivity contribution in [3.05, 3.63) is 52.8 Å². The van der Waals surface area contributed by atoms with E-state index >= 15 is 0 Å². The van der Waals surface area contributed by atoms with Gasteiger partial charge in [-0.15, -0.1) is 0 Å². The van der Waals surface area contributed by atoms with Crippen molar-refractivity contribution in [1.29, 1.82) is 0 Å². The van der Waals surface area contributed by atoms with E-state index < -0.39 is 41.4 Å². The number of ether oxygens (including phenoxy) is 1. The van der Waals surface area contributed by atoms with Crippen molar-refractivity contribution in [2.45, 2.75) is 57.4 Å². The van der Waals surface area contributed by atoms with Gasteiger partial charge in [-0.25, -0.2) is 4.39 Å². The van der Waals surface area contributed by atoms with Crippen molar-refractivity contribution in [1.82, 2.24) is 15.5 Å². The normalized spacial score (nSPS) is 16.2. The number of benzene rings is 2. The molecule has 1 atom stereocenters. The Balaban J connectivity index is 1.19. The minimum absolute atomic E-state index is 0.0148. The first-order chi connectivity index (χ1) is 20.1. The number of nitrogens with zero attached hydrogens (tertiary/aromatic N) is 1. The zero-order valence-electron chi connectivity index (χ0n) is 23.1. The fraction of sp³-hybridized carbons (Fsp3) is 0.379. The number of nitrogen functional groups attached to an aromatic ring is 1. The van der Waals surface area contributed by atoms with Crippen molar-refractivity contribution in [3.63, 3.8) is 0 Å². The molecular weight excluding hydrogens is 549 g/mol. The first-order valence-corrected chi connectivity index (χ1v) is 13.7. The summed E-state index contributed by atoms with van der Waals surface area (Å²) in [5.74, 6) is -3.91. The summed E-state index contributed by atoms with van der Waals surface area (Å²) in [4.78, 5) is 75.6. The molecule has 42 heavy (non-hydrogen) atoms. The van der Waals surface area contributed by atoms with Gasteiger partial charge in [0.15, 0.2) is 5.82 Å². The van der Waals surface area contributed by atoms with Gasteiger partial charge < -0.3 is 21.1 Å². The van der Waals surface area contributed by atoms with Crippen molar-refractivity contribution in [2.75, 3.05) is 24.7 Å². The lowest BCUT2D eigenvalue weighted by molar-refractivity contribution is -0.136. The first kappa shape index (κ1) is 30.2. The number of anilines is 2. The van der Waals surface area contributed by atoms with Crippen LogP contribution in [0.3, 0.4) is 0 Å². The second-order valence-electron chi connectivity index (χ2n) is 10.1. The standard InChI is InChI=1S/C29H32FN5O7/c1-42-16-14-18(25(30)19(31)15-16)26(38)32-13-6-4-2-3-5-10-22(36)33-20-9-7-8-17-24(20)29(41)35(28(17)40)21-11-12-23(37)34-27(21)39/h7-9,14-15,21H,2-6,10-13,31H2,1H3,(H,32,38)(H,33,36)(H,34,37,39). The van der Waals surface area contributed by atoms with Crippen LogP contribution in [0.4, 0.5) is 15.8 Å². The molecule has 1 fully saturated rings. The summed E-state index contributed by atoms with van der Waals surface area (Å²) in [6.45, 7) is 0.345. The number of halogens is 1. The van der Waals surface area contributed by atoms with Gasteiger partial charge in [-0.3, -0.25) is 39.0 Å². The van der Waals surface area contributed by atoms with E-state index in [9.17, 15) is 33.2 Å². The molecule has 6 amide bonds. The summed E-state index contributed by atoms with van der Waals surface area (Å²) in [6.07, 6.45) is 3.82. The zero-order chi connectivity index (χ0) is 30.4. The van der Waals surface area contributed by atoms with Gasteiger partial charge in [0.2, 0.25) is 17.7 Å². The minimum atomic E-state index is -1.09. The maximum Gasteiger partial charge on any atom is 0.264 e. The number of carbonyl (C=O) groups is 6. The van der Waals surface area contributed by atoms with E-state index in [-0.39, 0.29) is 59.0 Å². The van der Waals surface area contributed by atoms with Crippen LogP contribution in [0, 0.1) is 5.82 Å². The van der Waals surface area contributed by atoms with Crippen molar-refractivity contribution < 1.29 is 37.9 Å². The molecule has 1 unspecified atom stereocenters. The zero-order valence-corrected chi connectivity index (χ0v) is 23.1. The Morgan fingerprint density at radius 1 is 1.07 bits per heavy atom. The molecule has 5 N–H and O–H groups in total. The first-order valence-electron chi connectivity index (χ1n) is 13.7. The molecule has 0 aromatic heterocycles. The molecule has 0 radical (unpaired) electrons. The maximum atomic E-state index is 14.2. The molecular formula is C29H32FN5O7. The van der Waals surface area contributed by atoms with Gasteiger partial charge in [0.1, 0.15) is 11.8 Å². The Labute approximate surface area is 241 Å². The number of imide groups is 2. The lowest BCUT2D eigenvalue weighted by Crippen LogP contribution is -2.54. The van der Waals surface area contributed by atoms with E-state index in [0.717, 1.165) is 24.2 Å². The number of amides is 6. The van der Waals surface area contributed by atoms with Crippen LogP contribution in [0.25, 0.3) is 0 Å². The average molecular weight is 582 g/mol. The Hall–Kier alpha value is -4.81. The molecule has 0 aliphatic carbocycles. The molecule has 222 valence electrons. The molecule has 2 aromatic carbocycles. The number of nitrogens with one attached hydrogen (secondary N) is 3. The molecule has 0 spiro atoms. The van der Waals surface area contributed by atoms with E-state index in [4.69, 9.17) is 10.5 Å². The number of nitrogens with two attached hydrogens (primary N) is 1. The summed E-state index contributed by atoms with van der Waals surface area (Å²) in [5.41, 5.74) is 5.53. The molecule has 4 rings (SSSR count). The molecule has 2 aromatic rings. The number of unbranched alkanes of at least 4 members (excludes halogenated alkanes) is 4. The van der Waals surface area contributed by atoms with E-state index in [1.807, 2.05) is 0 Å². The lowest BCUT2D eigenvalue weighted by Gasteiger charge is -2.27. The summed E-state index contributed by atoms with van der Waals surface area (Å²) in [7, 11) is 1.40. The van der Waals surface area contributed by atoms with Crippen LogP contribution in [-0.4, -0.2) is 60.0 Å². The SMILES string of the molecule is COc1cc(N)c(F)c(C(=O)NCCCCCCCC(=O)Nc2cccc3c2C(=O)N(C2CCC(=O)NC2=O)C3=O)c1. The van der Waals surface area contributed by atoms with Gasteiger partial charge in [0.05, 0.1) is 35.2 Å². The molecule has 13 heteroatoms. The van der Waals surface area contributed by atoms with Crippen molar-refractivity contribution >= 4 is 46.8 Å². The Bertz CT molecular complexity index is 1440. The Kier molecular flexibility index (Phi) is 9.50. The third kappa shape index (κ3) is 6.56. The molecule has 12 nitrogen and oxygen atoms in total. The van der Waals surface area contributed by atoms with Gasteiger partial charge in [-0.2, -0.15) is 0 Å². The van der Waals surface area contributed by atoms with E-state index in [1.165, 1.54) is 31.4 Å². The molecule has 2 aliphatic heterocycles. The number of rotatable bonds is 12. The third-order valence-corrected chi connectivity index (χ3v) is 7.16. The summed E-state index contributed by atoms with van der Waals surface area (Å²) < 4.78 is 19.2. The van der Waals surface area contributed by atoms with Crippen molar-refractivity contribution in [3.8, 4) is 5.75 Å². The van der Waals surface area contributed by atoms with Gasteiger partial charge >= 0.3 is 0 Å². The average Bonchev–Trinajstić information content (AvgIpc) is 3.21. The van der Waals surface area contributed by atoms with Gasteiger partial charge in [-0.05, 0) is 37.5 Å². The number of hydrogen-bond donors (Lipinski definition) is 4. The quantitative estimate of drug-likeness (QED) is 0.168. The number of piperidine rings is 1. The summed E-state index contributed by atoms with van der Waals surface area (Å²) in [5, 5.41) is 7.52. The predicted octanol–water partition coefficient (Wildman–Crippen LogP) is 2.53. The van der Waals surface area contributed by atoms with Crippen LogP contribution in [0.15, 0.2) is 30.3 Å². The van der Waals surface area contributed by atoms with Gasteiger partial charge in [0, 0.05) is 25.5 Å². The highest BCUT2D eigenvalue weighted by molar-refractivity contribution is 6.26.